The molecule has 0 aliphatic heterocycles. The molecule has 2 aliphatic rings. The Kier molecular flexibility index (Phi) is 7.80. The maximum absolute atomic E-state index is 14.5. The number of thiazole rings is 1. The number of anilines is 2. The van der Waals surface area contributed by atoms with E-state index < -0.39 is 40.9 Å². The molecule has 216 valence electrons. The predicted octanol–water partition coefficient (Wildman–Crippen LogP) is 7.75. The Bertz CT molecular complexity index is 1590. The van der Waals surface area contributed by atoms with Crippen molar-refractivity contribution in [3.05, 3.63) is 58.0 Å². The van der Waals surface area contributed by atoms with E-state index in [1.54, 1.807) is 11.3 Å². The van der Waals surface area contributed by atoms with Gasteiger partial charge in [0.05, 0.1) is 21.7 Å². The maximum atomic E-state index is 14.5. The SMILES string of the molecule is CSC[C@@H]1CC[C@H](Nc2nc(NCc3c(F)c(F)c(C)c(F)c3F)nc(C)c2-c2nc3c(C4CC4)nccc3s2)C1. The highest BCUT2D eigenvalue weighted by Gasteiger charge is 2.30. The maximum Gasteiger partial charge on any atom is 0.225 e. The number of rotatable bonds is 9. The third-order valence-corrected chi connectivity index (χ3v) is 9.73. The molecule has 0 radical (unpaired) electrons. The van der Waals surface area contributed by atoms with Gasteiger partial charge in [-0.25, -0.2) is 27.5 Å². The van der Waals surface area contributed by atoms with Crippen LogP contribution in [0.4, 0.5) is 29.3 Å². The summed E-state index contributed by atoms with van der Waals surface area (Å²) < 4.78 is 58.4. The summed E-state index contributed by atoms with van der Waals surface area (Å²) in [6.07, 6.45) is 9.27. The van der Waals surface area contributed by atoms with Crippen molar-refractivity contribution in [2.45, 2.75) is 64.5 Å². The molecule has 0 amide bonds. The molecule has 0 saturated heterocycles. The lowest BCUT2D eigenvalue weighted by Gasteiger charge is -2.19. The van der Waals surface area contributed by atoms with Crippen LogP contribution in [0.2, 0.25) is 0 Å². The predicted molar refractivity (Wildman–Crippen MR) is 157 cm³/mol. The zero-order chi connectivity index (χ0) is 28.8. The molecule has 2 saturated carbocycles. The fraction of sp³-hybridized carbons (Fsp3) is 0.448. The number of fused-ring (bicyclic) bond motifs is 1. The van der Waals surface area contributed by atoms with Crippen LogP contribution in [0.5, 0.6) is 0 Å². The molecule has 1 aromatic carbocycles. The summed E-state index contributed by atoms with van der Waals surface area (Å²) in [5, 5.41) is 7.15. The summed E-state index contributed by atoms with van der Waals surface area (Å²) in [5.74, 6) is -2.87. The fourth-order valence-electron chi connectivity index (χ4n) is 5.55. The number of pyridine rings is 1. The number of halogens is 4. The summed E-state index contributed by atoms with van der Waals surface area (Å²) in [6, 6.07) is 2.16. The monoisotopic (exact) mass is 602 g/mol. The van der Waals surface area contributed by atoms with Crippen LogP contribution in [-0.4, -0.2) is 38.0 Å². The Balaban J connectivity index is 1.36. The zero-order valence-electron chi connectivity index (χ0n) is 23.0. The summed E-state index contributed by atoms with van der Waals surface area (Å²) in [4.78, 5) is 18.8. The van der Waals surface area contributed by atoms with Crippen LogP contribution in [0, 0.1) is 43.0 Å². The first kappa shape index (κ1) is 28.1. The van der Waals surface area contributed by atoms with Gasteiger partial charge in [0.2, 0.25) is 5.95 Å². The lowest BCUT2D eigenvalue weighted by Crippen LogP contribution is -2.19. The lowest BCUT2D eigenvalue weighted by molar-refractivity contribution is 0.432. The van der Waals surface area contributed by atoms with Crippen LogP contribution in [0.15, 0.2) is 12.3 Å². The van der Waals surface area contributed by atoms with Gasteiger partial charge >= 0.3 is 0 Å². The van der Waals surface area contributed by atoms with E-state index in [1.165, 1.54) is 0 Å². The second-order valence-corrected chi connectivity index (χ2v) is 12.8. The average Bonchev–Trinajstić information content (AvgIpc) is 3.56. The molecule has 3 aromatic heterocycles. The smallest absolute Gasteiger partial charge is 0.225 e. The summed E-state index contributed by atoms with van der Waals surface area (Å²) in [6.45, 7) is 2.30. The van der Waals surface area contributed by atoms with Gasteiger partial charge in [-0.15, -0.1) is 11.3 Å². The lowest BCUT2D eigenvalue weighted by atomic mass is 10.1. The van der Waals surface area contributed by atoms with Crippen molar-refractivity contribution in [3.8, 4) is 10.6 Å². The molecule has 4 aromatic rings. The normalized spacial score (nSPS) is 18.8. The molecule has 2 aliphatic carbocycles. The molecule has 12 heteroatoms. The molecule has 0 spiro atoms. The first-order valence-electron chi connectivity index (χ1n) is 13.7. The molecule has 2 N–H and O–H groups in total. The Morgan fingerprint density at radius 1 is 0.976 bits per heavy atom. The van der Waals surface area contributed by atoms with Gasteiger partial charge in [-0.05, 0) is 69.9 Å². The Morgan fingerprint density at radius 2 is 1.73 bits per heavy atom. The molecule has 3 heterocycles. The average molecular weight is 603 g/mol. The van der Waals surface area contributed by atoms with Crippen molar-refractivity contribution in [2.75, 3.05) is 22.6 Å². The number of hydrogen-bond acceptors (Lipinski definition) is 8. The number of aryl methyl sites for hydroxylation is 1. The van der Waals surface area contributed by atoms with E-state index in [1.807, 2.05) is 30.9 Å². The molecule has 6 nitrogen and oxygen atoms in total. The molecule has 0 bridgehead atoms. The molecule has 2 atom stereocenters. The number of aromatic nitrogens is 4. The first-order valence-corrected chi connectivity index (χ1v) is 15.9. The zero-order valence-corrected chi connectivity index (χ0v) is 24.6. The van der Waals surface area contributed by atoms with E-state index in [0.29, 0.717) is 23.3 Å². The van der Waals surface area contributed by atoms with Crippen LogP contribution < -0.4 is 10.6 Å². The summed E-state index contributed by atoms with van der Waals surface area (Å²) >= 11 is 3.39. The fourth-order valence-corrected chi connectivity index (χ4v) is 7.39. The van der Waals surface area contributed by atoms with E-state index in [9.17, 15) is 17.6 Å². The quantitative estimate of drug-likeness (QED) is 0.150. The van der Waals surface area contributed by atoms with E-state index >= 15 is 0 Å². The third-order valence-electron chi connectivity index (χ3n) is 7.88. The van der Waals surface area contributed by atoms with Gasteiger partial charge in [-0.2, -0.15) is 16.7 Å². The van der Waals surface area contributed by atoms with E-state index in [0.717, 1.165) is 71.3 Å². The van der Waals surface area contributed by atoms with Crippen molar-refractivity contribution in [3.63, 3.8) is 0 Å². The van der Waals surface area contributed by atoms with Crippen LogP contribution in [0.3, 0.4) is 0 Å². The van der Waals surface area contributed by atoms with Crippen LogP contribution >= 0.6 is 23.1 Å². The van der Waals surface area contributed by atoms with Crippen molar-refractivity contribution in [1.82, 2.24) is 19.9 Å². The van der Waals surface area contributed by atoms with Crippen molar-refractivity contribution >= 4 is 45.1 Å². The number of benzene rings is 1. The minimum absolute atomic E-state index is 0.0917. The van der Waals surface area contributed by atoms with E-state index in [4.69, 9.17) is 9.97 Å². The first-order chi connectivity index (χ1) is 19.7. The second kappa shape index (κ2) is 11.4. The van der Waals surface area contributed by atoms with Gasteiger partial charge in [0.25, 0.3) is 0 Å². The molecular weight excluding hydrogens is 572 g/mol. The molecule has 0 unspecified atom stereocenters. The van der Waals surface area contributed by atoms with E-state index in [2.05, 4.69) is 26.9 Å². The Hall–Kier alpha value is -2.99. The molecule has 2 fully saturated rings. The van der Waals surface area contributed by atoms with Crippen LogP contribution in [0.1, 0.15) is 60.5 Å². The molecule has 6 rings (SSSR count). The third kappa shape index (κ3) is 5.48. The summed E-state index contributed by atoms with van der Waals surface area (Å²) in [7, 11) is 0. The molecule has 41 heavy (non-hydrogen) atoms. The van der Waals surface area contributed by atoms with Crippen molar-refractivity contribution in [2.24, 2.45) is 5.92 Å². The number of hydrogen-bond donors (Lipinski definition) is 2. The highest BCUT2D eigenvalue weighted by molar-refractivity contribution is 7.98. The minimum atomic E-state index is -1.43. The van der Waals surface area contributed by atoms with E-state index in [-0.39, 0.29) is 12.0 Å². The van der Waals surface area contributed by atoms with Crippen molar-refractivity contribution < 1.29 is 17.6 Å². The number of nitrogens with zero attached hydrogens (tertiary/aromatic N) is 4. The number of thioether (sulfide) groups is 1. The van der Waals surface area contributed by atoms with Gasteiger partial charge in [0.1, 0.15) is 16.3 Å². The Morgan fingerprint density at radius 3 is 2.44 bits per heavy atom. The van der Waals surface area contributed by atoms with Crippen LogP contribution in [-0.2, 0) is 6.54 Å². The Labute approximate surface area is 243 Å². The van der Waals surface area contributed by atoms with Gasteiger partial charge in [0.15, 0.2) is 23.3 Å². The van der Waals surface area contributed by atoms with Gasteiger partial charge in [-0.3, -0.25) is 4.98 Å². The highest BCUT2D eigenvalue weighted by atomic mass is 32.2. The van der Waals surface area contributed by atoms with Gasteiger partial charge in [0, 0.05) is 35.8 Å². The topological polar surface area (TPSA) is 75.6 Å². The summed E-state index contributed by atoms with van der Waals surface area (Å²) in [5.41, 5.74) is 1.86. The van der Waals surface area contributed by atoms with Crippen LogP contribution in [0.25, 0.3) is 20.8 Å². The minimum Gasteiger partial charge on any atom is -0.367 e. The second-order valence-electron chi connectivity index (χ2n) is 10.9. The van der Waals surface area contributed by atoms with Gasteiger partial charge in [-0.1, -0.05) is 0 Å². The number of nitrogens with one attached hydrogen (secondary N) is 2. The van der Waals surface area contributed by atoms with Gasteiger partial charge < -0.3 is 10.6 Å². The highest BCUT2D eigenvalue weighted by Crippen LogP contribution is 2.44. The van der Waals surface area contributed by atoms with Crippen molar-refractivity contribution in [1.29, 1.82) is 0 Å². The molecular formula is C29H30F4N6S2. The standard InChI is InChI=1S/C29H30F4N6S2/c1-13-21(30)23(32)18(24(33)22(13)31)11-35-29-36-14(2)20(27(39-29)37-17-7-4-15(10-17)12-40-3)28-38-26-19(41-28)8-9-34-25(26)16-5-6-16/h8-9,15-17H,4-7,10-12H2,1-3H3,(H2,35,36,37,39)/t15-,17+/m1/s1. The largest absolute Gasteiger partial charge is 0.367 e.